The molecule has 1 aliphatic heterocycles. The van der Waals surface area contributed by atoms with Crippen LogP contribution in [0.2, 0.25) is 0 Å². The second kappa shape index (κ2) is 3.85. The molecule has 0 unspecified atom stereocenters. The van der Waals surface area contributed by atoms with Crippen LogP contribution in [0.4, 0.5) is 10.2 Å². The molecule has 1 aliphatic rings. The van der Waals surface area contributed by atoms with Crippen LogP contribution in [-0.2, 0) is 4.74 Å². The molecule has 0 spiro atoms. The van der Waals surface area contributed by atoms with Crippen molar-refractivity contribution in [3.05, 3.63) is 12.4 Å². The number of aliphatic hydroxyl groups excluding tert-OH is 1. The van der Waals surface area contributed by atoms with E-state index in [1.54, 1.807) is 11.5 Å². The molecule has 3 heterocycles. The lowest BCUT2D eigenvalue weighted by Crippen LogP contribution is -2.15. The summed E-state index contributed by atoms with van der Waals surface area (Å²) in [6, 6.07) is 0. The number of rotatable bonds is 1. The highest BCUT2D eigenvalue weighted by Gasteiger charge is 2.33. The van der Waals surface area contributed by atoms with Gasteiger partial charge in [0.15, 0.2) is 17.0 Å². The first-order valence-corrected chi connectivity index (χ1v) is 5.55. The van der Waals surface area contributed by atoms with E-state index in [1.807, 2.05) is 0 Å². The van der Waals surface area contributed by atoms with Crippen LogP contribution >= 0.6 is 0 Å². The third-order valence-electron chi connectivity index (χ3n) is 3.09. The number of aromatic nitrogens is 4. The van der Waals surface area contributed by atoms with Crippen molar-refractivity contribution in [3.63, 3.8) is 0 Å². The van der Waals surface area contributed by atoms with Crippen molar-refractivity contribution in [2.75, 3.05) is 5.73 Å². The smallest absolute Gasteiger partial charge is 0.312 e. The zero-order valence-corrected chi connectivity index (χ0v) is 9.62. The van der Waals surface area contributed by atoms with Crippen LogP contribution < -0.4 is 5.73 Å². The average Bonchev–Trinajstić information content (AvgIpc) is 2.83. The van der Waals surface area contributed by atoms with Crippen LogP contribution in [0.1, 0.15) is 19.6 Å². The zero-order chi connectivity index (χ0) is 12.9. The number of aliphatic hydroxyl groups is 1. The number of nitrogen functional groups attached to an aromatic ring is 1. The van der Waals surface area contributed by atoms with Crippen LogP contribution in [0.15, 0.2) is 6.33 Å². The van der Waals surface area contributed by atoms with E-state index >= 15 is 0 Å². The summed E-state index contributed by atoms with van der Waals surface area (Å²) in [6.07, 6.45) is -0.307. The molecule has 96 valence electrons. The van der Waals surface area contributed by atoms with Gasteiger partial charge in [-0.05, 0) is 6.92 Å². The minimum absolute atomic E-state index is 0.0113. The number of anilines is 1. The Labute approximate surface area is 101 Å². The first kappa shape index (κ1) is 11.3. The Bertz CT molecular complexity index is 591. The number of nitrogens with two attached hydrogens (primary N) is 1. The third-order valence-corrected chi connectivity index (χ3v) is 3.09. The number of hydrogen-bond acceptors (Lipinski definition) is 6. The standard InChI is InChI=1S/C10H12FN5O2/c1-4-5(17)2-6(18-4)16-3-13-7-8(12)14-10(11)15-9(7)16/h3-6,17H,2H2,1H3,(H2,12,14,15)/t4-,5+,6+/m1/s1. The molecule has 1 fully saturated rings. The number of nitrogens with zero attached hydrogens (tertiary/aromatic N) is 4. The summed E-state index contributed by atoms with van der Waals surface area (Å²) < 4.78 is 20.3. The van der Waals surface area contributed by atoms with E-state index in [1.165, 1.54) is 6.33 Å². The highest BCUT2D eigenvalue weighted by Crippen LogP contribution is 2.31. The lowest BCUT2D eigenvalue weighted by Gasteiger charge is -2.12. The zero-order valence-electron chi connectivity index (χ0n) is 9.62. The lowest BCUT2D eigenvalue weighted by molar-refractivity contribution is -0.00636. The molecule has 0 saturated carbocycles. The Balaban J connectivity index is 2.08. The molecule has 0 radical (unpaired) electrons. The van der Waals surface area contributed by atoms with Crippen LogP contribution in [0, 0.1) is 6.08 Å². The van der Waals surface area contributed by atoms with Gasteiger partial charge in [-0.1, -0.05) is 0 Å². The molecule has 2 aromatic heterocycles. The third kappa shape index (κ3) is 1.61. The summed E-state index contributed by atoms with van der Waals surface area (Å²) in [7, 11) is 0. The largest absolute Gasteiger partial charge is 0.390 e. The highest BCUT2D eigenvalue weighted by atomic mass is 19.1. The molecule has 1 saturated heterocycles. The predicted molar refractivity (Wildman–Crippen MR) is 59.9 cm³/mol. The van der Waals surface area contributed by atoms with Gasteiger partial charge in [-0.15, -0.1) is 0 Å². The Morgan fingerprint density at radius 3 is 3.00 bits per heavy atom. The minimum Gasteiger partial charge on any atom is -0.390 e. The fraction of sp³-hybridized carbons (Fsp3) is 0.500. The second-order valence-electron chi connectivity index (χ2n) is 4.30. The van der Waals surface area contributed by atoms with Gasteiger partial charge in [0, 0.05) is 6.42 Å². The maximum atomic E-state index is 13.2. The molecular weight excluding hydrogens is 241 g/mol. The van der Waals surface area contributed by atoms with Gasteiger partial charge in [-0.25, -0.2) is 4.98 Å². The molecule has 0 aromatic carbocycles. The van der Waals surface area contributed by atoms with E-state index in [0.717, 1.165) is 0 Å². The van der Waals surface area contributed by atoms with E-state index in [0.29, 0.717) is 11.9 Å². The van der Waals surface area contributed by atoms with Crippen molar-refractivity contribution in [1.82, 2.24) is 19.5 Å². The van der Waals surface area contributed by atoms with Gasteiger partial charge in [0.1, 0.15) is 6.23 Å². The van der Waals surface area contributed by atoms with Crippen molar-refractivity contribution >= 4 is 17.0 Å². The van der Waals surface area contributed by atoms with Crippen LogP contribution in [-0.4, -0.2) is 36.8 Å². The predicted octanol–water partition coefficient (Wildman–Crippen LogP) is 0.216. The Morgan fingerprint density at radius 1 is 1.56 bits per heavy atom. The Morgan fingerprint density at radius 2 is 2.33 bits per heavy atom. The number of imidazole rings is 1. The first-order chi connectivity index (χ1) is 8.56. The fourth-order valence-corrected chi connectivity index (χ4v) is 2.09. The number of hydrogen-bond donors (Lipinski definition) is 2. The summed E-state index contributed by atoms with van der Waals surface area (Å²) in [5.74, 6) is -0.0113. The summed E-state index contributed by atoms with van der Waals surface area (Å²) >= 11 is 0. The maximum absolute atomic E-state index is 13.2. The molecule has 0 aliphatic carbocycles. The monoisotopic (exact) mass is 253 g/mol. The SMILES string of the molecule is C[C@H]1O[C@H](n2cnc3c(N)nc(F)nc32)C[C@@H]1O. The molecule has 2 aromatic rings. The number of fused-ring (bicyclic) bond motifs is 1. The summed E-state index contributed by atoms with van der Waals surface area (Å²) in [5, 5.41) is 9.66. The summed E-state index contributed by atoms with van der Waals surface area (Å²) in [5.41, 5.74) is 6.16. The summed E-state index contributed by atoms with van der Waals surface area (Å²) in [4.78, 5) is 11.1. The van der Waals surface area contributed by atoms with Gasteiger partial charge in [0.2, 0.25) is 0 Å². The normalized spacial score (nSPS) is 28.1. The van der Waals surface area contributed by atoms with E-state index in [4.69, 9.17) is 10.5 Å². The fourth-order valence-electron chi connectivity index (χ4n) is 2.09. The van der Waals surface area contributed by atoms with Crippen molar-refractivity contribution in [1.29, 1.82) is 0 Å². The molecule has 3 N–H and O–H groups in total. The van der Waals surface area contributed by atoms with Gasteiger partial charge >= 0.3 is 6.08 Å². The van der Waals surface area contributed by atoms with Crippen molar-refractivity contribution < 1.29 is 14.2 Å². The molecule has 0 bridgehead atoms. The Hall–Kier alpha value is -1.80. The molecule has 3 rings (SSSR count). The van der Waals surface area contributed by atoms with Crippen molar-refractivity contribution in [2.45, 2.75) is 31.8 Å². The van der Waals surface area contributed by atoms with Crippen molar-refractivity contribution in [2.24, 2.45) is 0 Å². The van der Waals surface area contributed by atoms with Crippen LogP contribution in [0.25, 0.3) is 11.2 Å². The van der Waals surface area contributed by atoms with E-state index in [-0.39, 0.29) is 17.6 Å². The second-order valence-corrected chi connectivity index (χ2v) is 4.30. The maximum Gasteiger partial charge on any atom is 0.312 e. The van der Waals surface area contributed by atoms with Gasteiger partial charge in [-0.2, -0.15) is 14.4 Å². The molecular formula is C10H12FN5O2. The first-order valence-electron chi connectivity index (χ1n) is 5.55. The molecule has 7 nitrogen and oxygen atoms in total. The van der Waals surface area contributed by atoms with Crippen LogP contribution in [0.5, 0.6) is 0 Å². The van der Waals surface area contributed by atoms with Gasteiger partial charge in [0.05, 0.1) is 18.5 Å². The van der Waals surface area contributed by atoms with Gasteiger partial charge in [-0.3, -0.25) is 4.57 Å². The van der Waals surface area contributed by atoms with Crippen molar-refractivity contribution in [3.8, 4) is 0 Å². The highest BCUT2D eigenvalue weighted by molar-refractivity contribution is 5.81. The van der Waals surface area contributed by atoms with E-state index < -0.39 is 18.4 Å². The molecule has 18 heavy (non-hydrogen) atoms. The number of halogens is 1. The van der Waals surface area contributed by atoms with Crippen LogP contribution in [0.3, 0.4) is 0 Å². The minimum atomic E-state index is -0.909. The van der Waals surface area contributed by atoms with Gasteiger partial charge < -0.3 is 15.6 Å². The average molecular weight is 253 g/mol. The van der Waals surface area contributed by atoms with E-state index in [9.17, 15) is 9.50 Å². The molecule has 0 amide bonds. The number of ether oxygens (including phenoxy) is 1. The summed E-state index contributed by atoms with van der Waals surface area (Å²) in [6.45, 7) is 1.77. The molecule has 8 heteroatoms. The van der Waals surface area contributed by atoms with Gasteiger partial charge in [0.25, 0.3) is 0 Å². The lowest BCUT2D eigenvalue weighted by atomic mass is 10.2. The van der Waals surface area contributed by atoms with E-state index in [2.05, 4.69) is 15.0 Å². The quantitative estimate of drug-likeness (QED) is 0.705. The Kier molecular flexibility index (Phi) is 2.42. The topological polar surface area (TPSA) is 99.1 Å². The molecule has 3 atom stereocenters.